The van der Waals surface area contributed by atoms with Gasteiger partial charge in [0.25, 0.3) is 0 Å². The Hall–Kier alpha value is -1.43. The Morgan fingerprint density at radius 2 is 2.38 bits per heavy atom. The van der Waals surface area contributed by atoms with Crippen molar-refractivity contribution in [2.24, 2.45) is 0 Å². The Balaban J connectivity index is 2.10. The van der Waals surface area contributed by atoms with Crippen LogP contribution >= 0.6 is 0 Å². The summed E-state index contributed by atoms with van der Waals surface area (Å²) in [5.41, 5.74) is 0.00885. The first-order valence-corrected chi connectivity index (χ1v) is 4.00. The third-order valence-electron chi connectivity index (χ3n) is 2.15. The minimum Gasteiger partial charge on any atom is -0.476 e. The van der Waals surface area contributed by atoms with Crippen molar-refractivity contribution in [3.05, 3.63) is 11.9 Å². The van der Waals surface area contributed by atoms with Gasteiger partial charge in [0, 0.05) is 13.1 Å². The lowest BCUT2D eigenvalue weighted by atomic mass is 10.1. The van der Waals surface area contributed by atoms with Gasteiger partial charge < -0.3 is 10.0 Å². The van der Waals surface area contributed by atoms with Gasteiger partial charge in [-0.2, -0.15) is 0 Å². The molecule has 0 amide bonds. The van der Waals surface area contributed by atoms with E-state index in [0.717, 1.165) is 13.1 Å². The van der Waals surface area contributed by atoms with E-state index in [1.807, 2.05) is 7.05 Å². The number of likely N-dealkylation sites (tertiary alicyclic amines) is 1. The summed E-state index contributed by atoms with van der Waals surface area (Å²) in [6.07, 6.45) is 1.47. The van der Waals surface area contributed by atoms with Gasteiger partial charge in [-0.05, 0) is 7.05 Å². The van der Waals surface area contributed by atoms with Crippen molar-refractivity contribution in [1.29, 1.82) is 0 Å². The average Bonchev–Trinajstić information content (AvgIpc) is 2.46. The van der Waals surface area contributed by atoms with Crippen LogP contribution in [0.25, 0.3) is 0 Å². The molecule has 0 spiro atoms. The van der Waals surface area contributed by atoms with Crippen molar-refractivity contribution in [1.82, 2.24) is 19.9 Å². The fraction of sp³-hybridized carbons (Fsp3) is 0.571. The van der Waals surface area contributed by atoms with Crippen LogP contribution < -0.4 is 0 Å². The molecule has 70 valence electrons. The molecule has 6 heteroatoms. The molecule has 6 nitrogen and oxygen atoms in total. The molecular formula is C7H10N4O2. The van der Waals surface area contributed by atoms with Crippen molar-refractivity contribution in [3.63, 3.8) is 0 Å². The summed E-state index contributed by atoms with van der Waals surface area (Å²) in [7, 11) is 2.01. The van der Waals surface area contributed by atoms with Crippen LogP contribution in [0.15, 0.2) is 6.20 Å². The normalized spacial score (nSPS) is 18.5. The largest absolute Gasteiger partial charge is 0.476 e. The maximum Gasteiger partial charge on any atom is 0.358 e. The average molecular weight is 182 g/mol. The number of carboxylic acid groups (broad SMARTS) is 1. The summed E-state index contributed by atoms with van der Waals surface area (Å²) < 4.78 is 1.61. The van der Waals surface area contributed by atoms with E-state index in [0.29, 0.717) is 0 Å². The molecule has 1 fully saturated rings. The first-order chi connectivity index (χ1) is 6.16. The monoisotopic (exact) mass is 182 g/mol. The molecular weight excluding hydrogens is 172 g/mol. The smallest absolute Gasteiger partial charge is 0.358 e. The molecule has 0 atom stereocenters. The molecule has 0 radical (unpaired) electrons. The zero-order valence-electron chi connectivity index (χ0n) is 7.21. The first-order valence-electron chi connectivity index (χ1n) is 4.00. The molecule has 1 aromatic heterocycles. The molecule has 0 aliphatic carbocycles. The molecule has 0 saturated carbocycles. The SMILES string of the molecule is CN1CC(n2cc(C(=O)O)nn2)C1. The van der Waals surface area contributed by atoms with Gasteiger partial charge in [0.05, 0.1) is 12.2 Å². The third kappa shape index (κ3) is 1.40. The number of carbonyl (C=O) groups is 1. The van der Waals surface area contributed by atoms with Gasteiger partial charge in [-0.1, -0.05) is 5.21 Å². The van der Waals surface area contributed by atoms with Crippen LogP contribution in [-0.4, -0.2) is 51.1 Å². The van der Waals surface area contributed by atoms with Crippen molar-refractivity contribution in [2.45, 2.75) is 6.04 Å². The Kier molecular flexibility index (Phi) is 1.77. The number of carboxylic acids is 1. The lowest BCUT2D eigenvalue weighted by Gasteiger charge is -2.35. The van der Waals surface area contributed by atoms with E-state index in [-0.39, 0.29) is 11.7 Å². The molecule has 1 aliphatic heterocycles. The fourth-order valence-electron chi connectivity index (χ4n) is 1.39. The van der Waals surface area contributed by atoms with Gasteiger partial charge >= 0.3 is 5.97 Å². The van der Waals surface area contributed by atoms with E-state index in [1.54, 1.807) is 4.68 Å². The van der Waals surface area contributed by atoms with Gasteiger partial charge in [0.1, 0.15) is 0 Å². The number of nitrogens with zero attached hydrogens (tertiary/aromatic N) is 4. The summed E-state index contributed by atoms with van der Waals surface area (Å²) in [5, 5.41) is 15.9. The van der Waals surface area contributed by atoms with Gasteiger partial charge in [0.2, 0.25) is 0 Å². The van der Waals surface area contributed by atoms with Gasteiger partial charge in [-0.25, -0.2) is 9.48 Å². The Labute approximate surface area is 74.8 Å². The highest BCUT2D eigenvalue weighted by Crippen LogP contribution is 2.17. The number of hydrogen-bond donors (Lipinski definition) is 1. The number of rotatable bonds is 2. The number of aromatic nitrogens is 3. The molecule has 0 unspecified atom stereocenters. The predicted octanol–water partition coefficient (Wildman–Crippen LogP) is -0.537. The Bertz CT molecular complexity index is 329. The maximum absolute atomic E-state index is 10.5. The quantitative estimate of drug-likeness (QED) is 0.665. The van der Waals surface area contributed by atoms with E-state index in [4.69, 9.17) is 5.11 Å². The molecule has 2 heterocycles. The summed E-state index contributed by atoms with van der Waals surface area (Å²) in [6.45, 7) is 1.81. The number of likely N-dealkylation sites (N-methyl/N-ethyl adjacent to an activating group) is 1. The zero-order chi connectivity index (χ0) is 9.42. The summed E-state index contributed by atoms with van der Waals surface area (Å²) in [5.74, 6) is -1.03. The van der Waals surface area contributed by atoms with Gasteiger partial charge in [0.15, 0.2) is 5.69 Å². The van der Waals surface area contributed by atoms with E-state index in [9.17, 15) is 4.79 Å². The van der Waals surface area contributed by atoms with Gasteiger partial charge in [-0.3, -0.25) is 0 Å². The Morgan fingerprint density at radius 1 is 1.69 bits per heavy atom. The lowest BCUT2D eigenvalue weighted by molar-refractivity contribution is 0.0690. The minimum atomic E-state index is -1.03. The first kappa shape index (κ1) is 8.18. The van der Waals surface area contributed by atoms with Crippen molar-refractivity contribution < 1.29 is 9.90 Å². The van der Waals surface area contributed by atoms with Crippen LogP contribution in [0, 0.1) is 0 Å². The molecule has 1 saturated heterocycles. The van der Waals surface area contributed by atoms with E-state index >= 15 is 0 Å². The van der Waals surface area contributed by atoms with Crippen LogP contribution in [-0.2, 0) is 0 Å². The zero-order valence-corrected chi connectivity index (χ0v) is 7.21. The third-order valence-corrected chi connectivity index (χ3v) is 2.15. The van der Waals surface area contributed by atoms with Crippen molar-refractivity contribution >= 4 is 5.97 Å². The summed E-state index contributed by atoms with van der Waals surface area (Å²) in [4.78, 5) is 12.6. The van der Waals surface area contributed by atoms with Crippen LogP contribution in [0.2, 0.25) is 0 Å². The topological polar surface area (TPSA) is 71.2 Å². The highest BCUT2D eigenvalue weighted by Gasteiger charge is 2.26. The number of hydrogen-bond acceptors (Lipinski definition) is 4. The van der Waals surface area contributed by atoms with Crippen molar-refractivity contribution in [3.8, 4) is 0 Å². The van der Waals surface area contributed by atoms with Crippen LogP contribution in [0.5, 0.6) is 0 Å². The Morgan fingerprint density at radius 3 is 2.85 bits per heavy atom. The molecule has 0 aromatic carbocycles. The second-order valence-corrected chi connectivity index (χ2v) is 3.26. The van der Waals surface area contributed by atoms with Crippen LogP contribution in [0.3, 0.4) is 0 Å². The van der Waals surface area contributed by atoms with Gasteiger partial charge in [-0.15, -0.1) is 5.10 Å². The van der Waals surface area contributed by atoms with E-state index < -0.39 is 5.97 Å². The highest BCUT2D eigenvalue weighted by atomic mass is 16.4. The second-order valence-electron chi connectivity index (χ2n) is 3.26. The van der Waals surface area contributed by atoms with Crippen LogP contribution in [0.4, 0.5) is 0 Å². The molecule has 1 aliphatic rings. The summed E-state index contributed by atoms with van der Waals surface area (Å²) in [6, 6.07) is 0.283. The maximum atomic E-state index is 10.5. The standard InChI is InChI=1S/C7H10N4O2/c1-10-2-5(3-10)11-4-6(7(12)13)8-9-11/h4-5H,2-3H2,1H3,(H,12,13). The summed E-state index contributed by atoms with van der Waals surface area (Å²) >= 11 is 0. The van der Waals surface area contributed by atoms with E-state index in [2.05, 4.69) is 15.2 Å². The van der Waals surface area contributed by atoms with E-state index in [1.165, 1.54) is 6.20 Å². The lowest BCUT2D eigenvalue weighted by Crippen LogP contribution is -2.45. The minimum absolute atomic E-state index is 0.00885. The van der Waals surface area contributed by atoms with Crippen molar-refractivity contribution in [2.75, 3.05) is 20.1 Å². The van der Waals surface area contributed by atoms with Crippen LogP contribution in [0.1, 0.15) is 16.5 Å². The second kappa shape index (κ2) is 2.81. The number of aromatic carboxylic acids is 1. The fourth-order valence-corrected chi connectivity index (χ4v) is 1.39. The predicted molar refractivity (Wildman–Crippen MR) is 43.5 cm³/mol. The molecule has 1 N–H and O–H groups in total. The molecule has 2 rings (SSSR count). The molecule has 1 aromatic rings. The highest BCUT2D eigenvalue weighted by molar-refractivity contribution is 5.84. The molecule has 13 heavy (non-hydrogen) atoms. The molecule has 0 bridgehead atoms.